The first-order chi connectivity index (χ1) is 6.93. The van der Waals surface area contributed by atoms with E-state index in [0.29, 0.717) is 24.8 Å². The first-order valence-electron chi connectivity index (χ1n) is 5.58. The summed E-state index contributed by atoms with van der Waals surface area (Å²) in [6.45, 7) is 4.89. The Morgan fingerprint density at radius 3 is 2.40 bits per heavy atom. The van der Waals surface area contributed by atoms with Crippen molar-refractivity contribution in [2.75, 3.05) is 20.1 Å². The summed E-state index contributed by atoms with van der Waals surface area (Å²) < 4.78 is 25.5. The van der Waals surface area contributed by atoms with Crippen molar-refractivity contribution in [2.24, 2.45) is 17.6 Å². The molecule has 0 amide bonds. The van der Waals surface area contributed by atoms with Crippen molar-refractivity contribution < 1.29 is 8.42 Å². The van der Waals surface area contributed by atoms with E-state index in [0.717, 1.165) is 6.42 Å². The van der Waals surface area contributed by atoms with Crippen molar-refractivity contribution >= 4 is 10.0 Å². The summed E-state index contributed by atoms with van der Waals surface area (Å²) in [6.07, 6.45) is 1.74. The quantitative estimate of drug-likeness (QED) is 0.733. The molecule has 1 aliphatic rings. The predicted octanol–water partition coefficient (Wildman–Crippen LogP) is 0.641. The van der Waals surface area contributed by atoms with Crippen LogP contribution in [-0.4, -0.2) is 38.1 Å². The van der Waals surface area contributed by atoms with E-state index in [1.54, 1.807) is 7.05 Å². The molecule has 5 heteroatoms. The third kappa shape index (κ3) is 2.92. The van der Waals surface area contributed by atoms with Gasteiger partial charge in [0.25, 0.3) is 0 Å². The lowest BCUT2D eigenvalue weighted by molar-refractivity contribution is 0.434. The van der Waals surface area contributed by atoms with E-state index in [2.05, 4.69) is 6.92 Å². The van der Waals surface area contributed by atoms with Gasteiger partial charge in [-0.2, -0.15) is 0 Å². The molecule has 1 saturated carbocycles. The third-order valence-corrected chi connectivity index (χ3v) is 5.73. The Morgan fingerprint density at radius 1 is 1.53 bits per heavy atom. The number of nitrogens with zero attached hydrogens (tertiary/aromatic N) is 1. The first kappa shape index (κ1) is 12.9. The standard InChI is InChI=1S/C10H22N2O2S/c1-4-10(6-11)15(13,14)12(3)7-9-5-8(9)2/h8-10H,4-7,11H2,1-3H3. The second-order valence-corrected chi connectivity index (χ2v) is 6.88. The van der Waals surface area contributed by atoms with Crippen LogP contribution in [0.25, 0.3) is 0 Å². The second-order valence-electron chi connectivity index (χ2n) is 4.56. The van der Waals surface area contributed by atoms with Gasteiger partial charge in [0.2, 0.25) is 10.0 Å². The van der Waals surface area contributed by atoms with E-state index < -0.39 is 15.3 Å². The minimum atomic E-state index is -3.17. The van der Waals surface area contributed by atoms with Gasteiger partial charge in [0, 0.05) is 20.1 Å². The Kier molecular flexibility index (Phi) is 4.14. The highest BCUT2D eigenvalue weighted by Gasteiger charge is 2.37. The summed E-state index contributed by atoms with van der Waals surface area (Å²) in [6, 6.07) is 0. The van der Waals surface area contributed by atoms with Crippen LogP contribution in [0.1, 0.15) is 26.7 Å². The number of hydrogen-bond acceptors (Lipinski definition) is 3. The van der Waals surface area contributed by atoms with Crippen LogP contribution >= 0.6 is 0 Å². The topological polar surface area (TPSA) is 63.4 Å². The average molecular weight is 234 g/mol. The van der Waals surface area contributed by atoms with E-state index in [-0.39, 0.29) is 6.54 Å². The molecule has 1 rings (SSSR count). The van der Waals surface area contributed by atoms with E-state index in [1.165, 1.54) is 4.31 Å². The zero-order chi connectivity index (χ0) is 11.6. The van der Waals surface area contributed by atoms with Gasteiger partial charge < -0.3 is 5.73 Å². The van der Waals surface area contributed by atoms with Crippen LogP contribution in [0.3, 0.4) is 0 Å². The van der Waals surface area contributed by atoms with Crippen LogP contribution < -0.4 is 5.73 Å². The van der Waals surface area contributed by atoms with Crippen molar-refractivity contribution in [1.29, 1.82) is 0 Å². The number of hydrogen-bond donors (Lipinski definition) is 1. The van der Waals surface area contributed by atoms with Crippen molar-refractivity contribution in [2.45, 2.75) is 31.9 Å². The minimum Gasteiger partial charge on any atom is -0.329 e. The Bertz CT molecular complexity index is 299. The summed E-state index contributed by atoms with van der Waals surface area (Å²) in [5, 5.41) is -0.420. The van der Waals surface area contributed by atoms with E-state index in [9.17, 15) is 8.42 Å². The first-order valence-corrected chi connectivity index (χ1v) is 7.09. The van der Waals surface area contributed by atoms with E-state index in [1.807, 2.05) is 6.92 Å². The highest BCUT2D eigenvalue weighted by atomic mass is 32.2. The molecule has 15 heavy (non-hydrogen) atoms. The maximum absolute atomic E-state index is 12.0. The molecule has 0 aliphatic heterocycles. The van der Waals surface area contributed by atoms with Gasteiger partial charge in [0.1, 0.15) is 0 Å². The van der Waals surface area contributed by atoms with Gasteiger partial charge in [-0.25, -0.2) is 12.7 Å². The highest BCUT2D eigenvalue weighted by molar-refractivity contribution is 7.89. The van der Waals surface area contributed by atoms with Crippen LogP contribution in [0.4, 0.5) is 0 Å². The largest absolute Gasteiger partial charge is 0.329 e. The molecule has 1 fully saturated rings. The van der Waals surface area contributed by atoms with E-state index in [4.69, 9.17) is 5.73 Å². The van der Waals surface area contributed by atoms with Crippen LogP contribution in [0.2, 0.25) is 0 Å². The Labute approximate surface area is 92.9 Å². The molecule has 90 valence electrons. The van der Waals surface area contributed by atoms with Gasteiger partial charge in [-0.1, -0.05) is 13.8 Å². The molecule has 0 aromatic heterocycles. The lowest BCUT2D eigenvalue weighted by Gasteiger charge is -2.22. The molecule has 3 unspecified atom stereocenters. The lowest BCUT2D eigenvalue weighted by Crippen LogP contribution is -2.40. The molecule has 0 saturated heterocycles. The fraction of sp³-hybridized carbons (Fsp3) is 1.00. The smallest absolute Gasteiger partial charge is 0.217 e. The molecular weight excluding hydrogens is 212 g/mol. The van der Waals surface area contributed by atoms with Crippen molar-refractivity contribution in [3.63, 3.8) is 0 Å². The third-order valence-electron chi connectivity index (χ3n) is 3.34. The summed E-state index contributed by atoms with van der Waals surface area (Å²) in [4.78, 5) is 0. The molecule has 0 bridgehead atoms. The van der Waals surface area contributed by atoms with Crippen molar-refractivity contribution in [1.82, 2.24) is 4.31 Å². The molecule has 0 aromatic carbocycles. The van der Waals surface area contributed by atoms with Gasteiger partial charge in [-0.05, 0) is 24.7 Å². The zero-order valence-electron chi connectivity index (χ0n) is 9.81. The molecule has 0 aromatic rings. The maximum Gasteiger partial charge on any atom is 0.217 e. The molecular formula is C10H22N2O2S. The van der Waals surface area contributed by atoms with Crippen LogP contribution in [0.15, 0.2) is 0 Å². The minimum absolute atomic E-state index is 0.212. The molecule has 0 spiro atoms. The lowest BCUT2D eigenvalue weighted by atomic mass is 10.3. The van der Waals surface area contributed by atoms with E-state index >= 15 is 0 Å². The van der Waals surface area contributed by atoms with Gasteiger partial charge in [0.05, 0.1) is 5.25 Å². The monoisotopic (exact) mass is 234 g/mol. The summed E-state index contributed by atoms with van der Waals surface area (Å²) in [7, 11) is -1.51. The summed E-state index contributed by atoms with van der Waals surface area (Å²) in [5.41, 5.74) is 5.48. The molecule has 1 aliphatic carbocycles. The van der Waals surface area contributed by atoms with Gasteiger partial charge in [-0.15, -0.1) is 0 Å². The molecule has 0 heterocycles. The fourth-order valence-corrected chi connectivity index (χ4v) is 3.41. The Morgan fingerprint density at radius 2 is 2.07 bits per heavy atom. The Balaban J connectivity index is 2.59. The van der Waals surface area contributed by atoms with Crippen molar-refractivity contribution in [3.05, 3.63) is 0 Å². The average Bonchev–Trinajstić information content (AvgIpc) is 2.83. The maximum atomic E-state index is 12.0. The highest BCUT2D eigenvalue weighted by Crippen LogP contribution is 2.38. The molecule has 2 N–H and O–H groups in total. The fourth-order valence-electron chi connectivity index (χ4n) is 1.84. The van der Waals surface area contributed by atoms with Gasteiger partial charge in [-0.3, -0.25) is 0 Å². The van der Waals surface area contributed by atoms with Gasteiger partial charge in [0.15, 0.2) is 0 Å². The van der Waals surface area contributed by atoms with Crippen LogP contribution in [-0.2, 0) is 10.0 Å². The number of sulfonamides is 1. The van der Waals surface area contributed by atoms with Crippen molar-refractivity contribution in [3.8, 4) is 0 Å². The number of nitrogens with two attached hydrogens (primary N) is 1. The Hall–Kier alpha value is -0.130. The number of rotatable bonds is 6. The second kappa shape index (κ2) is 4.80. The summed E-state index contributed by atoms with van der Waals surface area (Å²) in [5.74, 6) is 1.24. The summed E-state index contributed by atoms with van der Waals surface area (Å²) >= 11 is 0. The van der Waals surface area contributed by atoms with Crippen LogP contribution in [0.5, 0.6) is 0 Å². The van der Waals surface area contributed by atoms with Crippen LogP contribution in [0, 0.1) is 11.8 Å². The molecule has 0 radical (unpaired) electrons. The van der Waals surface area contributed by atoms with Gasteiger partial charge >= 0.3 is 0 Å². The normalized spacial score (nSPS) is 28.1. The zero-order valence-corrected chi connectivity index (χ0v) is 10.6. The molecule has 4 nitrogen and oxygen atoms in total. The SMILES string of the molecule is CCC(CN)S(=O)(=O)N(C)CC1CC1C. The predicted molar refractivity (Wildman–Crippen MR) is 62.0 cm³/mol. The molecule has 3 atom stereocenters.